The van der Waals surface area contributed by atoms with Crippen molar-refractivity contribution in [2.75, 3.05) is 0 Å². The number of amides is 2. The van der Waals surface area contributed by atoms with Crippen LogP contribution in [0.25, 0.3) is 0 Å². The van der Waals surface area contributed by atoms with Gasteiger partial charge in [0.1, 0.15) is 11.6 Å². The molecule has 0 atom stereocenters. The standard InChI is InChI=1S/C19H18FN3O2S/c1-13-2-8-17(26-13)12-23-19(24)22-11-14-3-9-18(21-10-14)25-16-6-4-15(20)5-7-16/h2-10H,11-12H2,1H3,(H2,22,23,24). The zero-order valence-electron chi connectivity index (χ0n) is 14.2. The van der Waals surface area contributed by atoms with Crippen LogP contribution in [-0.2, 0) is 13.1 Å². The van der Waals surface area contributed by atoms with Crippen molar-refractivity contribution in [1.82, 2.24) is 15.6 Å². The molecule has 134 valence electrons. The number of pyridine rings is 1. The lowest BCUT2D eigenvalue weighted by Gasteiger charge is -2.08. The Hall–Kier alpha value is -2.93. The van der Waals surface area contributed by atoms with Crippen LogP contribution in [0.2, 0.25) is 0 Å². The molecule has 0 aliphatic rings. The molecule has 0 bridgehead atoms. The van der Waals surface area contributed by atoms with Crippen LogP contribution in [0.3, 0.4) is 0 Å². The van der Waals surface area contributed by atoms with Gasteiger partial charge in [-0.3, -0.25) is 0 Å². The second-order valence-electron chi connectivity index (χ2n) is 5.61. The third-order valence-corrected chi connectivity index (χ3v) is 4.51. The average Bonchev–Trinajstić information content (AvgIpc) is 3.07. The van der Waals surface area contributed by atoms with Crippen LogP contribution in [0.5, 0.6) is 11.6 Å². The Balaban J connectivity index is 1.44. The third kappa shape index (κ3) is 5.29. The van der Waals surface area contributed by atoms with Gasteiger partial charge in [0.05, 0.1) is 6.54 Å². The molecule has 7 heteroatoms. The number of benzene rings is 1. The molecule has 0 spiro atoms. The number of hydrogen-bond donors (Lipinski definition) is 2. The van der Waals surface area contributed by atoms with Crippen LogP contribution in [0.1, 0.15) is 15.3 Å². The number of urea groups is 1. The van der Waals surface area contributed by atoms with Crippen molar-refractivity contribution in [1.29, 1.82) is 0 Å². The van der Waals surface area contributed by atoms with Gasteiger partial charge in [0.15, 0.2) is 0 Å². The highest BCUT2D eigenvalue weighted by atomic mass is 32.1. The Morgan fingerprint density at radius 1 is 1.08 bits per heavy atom. The number of aromatic nitrogens is 1. The highest BCUT2D eigenvalue weighted by Crippen LogP contribution is 2.19. The molecule has 26 heavy (non-hydrogen) atoms. The number of carbonyl (C=O) groups is 1. The van der Waals surface area contributed by atoms with E-state index in [-0.39, 0.29) is 11.8 Å². The van der Waals surface area contributed by atoms with Gasteiger partial charge in [0, 0.05) is 28.6 Å². The minimum Gasteiger partial charge on any atom is -0.439 e. The van der Waals surface area contributed by atoms with Gasteiger partial charge in [-0.15, -0.1) is 11.3 Å². The number of carbonyl (C=O) groups excluding carboxylic acids is 1. The maximum absolute atomic E-state index is 12.9. The Labute approximate surface area is 154 Å². The summed E-state index contributed by atoms with van der Waals surface area (Å²) in [7, 11) is 0. The van der Waals surface area contributed by atoms with E-state index >= 15 is 0 Å². The van der Waals surface area contributed by atoms with Crippen molar-refractivity contribution in [3.05, 3.63) is 75.9 Å². The first kappa shape index (κ1) is 17.9. The molecule has 5 nitrogen and oxygen atoms in total. The van der Waals surface area contributed by atoms with Gasteiger partial charge in [0.2, 0.25) is 5.88 Å². The Kier molecular flexibility index (Phi) is 5.80. The third-order valence-electron chi connectivity index (χ3n) is 3.51. The fraction of sp³-hybridized carbons (Fsp3) is 0.158. The summed E-state index contributed by atoms with van der Waals surface area (Å²) in [6.07, 6.45) is 1.63. The van der Waals surface area contributed by atoms with E-state index < -0.39 is 0 Å². The lowest BCUT2D eigenvalue weighted by atomic mass is 10.3. The summed E-state index contributed by atoms with van der Waals surface area (Å²) >= 11 is 1.66. The summed E-state index contributed by atoms with van der Waals surface area (Å²) in [6.45, 7) is 2.90. The molecule has 0 fully saturated rings. The number of hydrogen-bond acceptors (Lipinski definition) is 4. The number of ether oxygens (including phenoxy) is 1. The number of rotatable bonds is 6. The van der Waals surface area contributed by atoms with E-state index in [1.165, 1.54) is 29.1 Å². The smallest absolute Gasteiger partial charge is 0.315 e. The van der Waals surface area contributed by atoms with E-state index in [4.69, 9.17) is 4.74 Å². The van der Waals surface area contributed by atoms with Crippen molar-refractivity contribution in [3.8, 4) is 11.6 Å². The minimum absolute atomic E-state index is 0.234. The van der Waals surface area contributed by atoms with Crippen LogP contribution in [0, 0.1) is 12.7 Å². The van der Waals surface area contributed by atoms with Gasteiger partial charge in [-0.25, -0.2) is 14.2 Å². The zero-order chi connectivity index (χ0) is 18.4. The summed E-state index contributed by atoms with van der Waals surface area (Å²) in [4.78, 5) is 18.4. The molecule has 0 aliphatic heterocycles. The fourth-order valence-electron chi connectivity index (χ4n) is 2.19. The summed E-state index contributed by atoms with van der Waals surface area (Å²) in [6, 6.07) is 13.0. The molecule has 2 heterocycles. The van der Waals surface area contributed by atoms with Gasteiger partial charge in [0.25, 0.3) is 0 Å². The van der Waals surface area contributed by atoms with E-state index in [2.05, 4.69) is 15.6 Å². The fourth-order valence-corrected chi connectivity index (χ4v) is 3.02. The highest BCUT2D eigenvalue weighted by molar-refractivity contribution is 7.11. The Morgan fingerprint density at radius 3 is 2.50 bits per heavy atom. The number of thiophene rings is 1. The van der Waals surface area contributed by atoms with Crippen LogP contribution in [0.4, 0.5) is 9.18 Å². The molecule has 2 aromatic heterocycles. The van der Waals surface area contributed by atoms with Crippen molar-refractivity contribution in [2.45, 2.75) is 20.0 Å². The van der Waals surface area contributed by atoms with E-state index in [0.717, 1.165) is 10.4 Å². The molecule has 3 aromatic rings. The summed E-state index contributed by atoms with van der Waals surface area (Å²) in [5.74, 6) is 0.588. The molecule has 1 aromatic carbocycles. The Morgan fingerprint density at radius 2 is 1.85 bits per heavy atom. The molecule has 0 saturated heterocycles. The zero-order valence-corrected chi connectivity index (χ0v) is 15.0. The molecule has 0 aliphatic carbocycles. The molecular weight excluding hydrogens is 353 g/mol. The first-order valence-electron chi connectivity index (χ1n) is 8.04. The van der Waals surface area contributed by atoms with E-state index in [0.29, 0.717) is 24.7 Å². The topological polar surface area (TPSA) is 63.2 Å². The van der Waals surface area contributed by atoms with Crippen molar-refractivity contribution < 1.29 is 13.9 Å². The second-order valence-corrected chi connectivity index (χ2v) is 6.98. The van der Waals surface area contributed by atoms with Crippen LogP contribution < -0.4 is 15.4 Å². The van der Waals surface area contributed by atoms with E-state index in [1.54, 1.807) is 23.6 Å². The van der Waals surface area contributed by atoms with Gasteiger partial charge in [-0.1, -0.05) is 6.07 Å². The molecule has 0 unspecified atom stereocenters. The molecule has 2 N–H and O–H groups in total. The van der Waals surface area contributed by atoms with E-state index in [9.17, 15) is 9.18 Å². The van der Waals surface area contributed by atoms with Crippen molar-refractivity contribution in [3.63, 3.8) is 0 Å². The van der Waals surface area contributed by atoms with Crippen molar-refractivity contribution >= 4 is 17.4 Å². The largest absolute Gasteiger partial charge is 0.439 e. The molecular formula is C19H18FN3O2S. The van der Waals surface area contributed by atoms with Crippen LogP contribution >= 0.6 is 11.3 Å². The average molecular weight is 371 g/mol. The lowest BCUT2D eigenvalue weighted by molar-refractivity contribution is 0.240. The predicted molar refractivity (Wildman–Crippen MR) is 98.8 cm³/mol. The lowest BCUT2D eigenvalue weighted by Crippen LogP contribution is -2.34. The predicted octanol–water partition coefficient (Wildman–Crippen LogP) is 4.38. The highest BCUT2D eigenvalue weighted by Gasteiger charge is 2.04. The number of halogens is 1. The molecule has 0 saturated carbocycles. The normalized spacial score (nSPS) is 10.4. The second kappa shape index (κ2) is 8.44. The van der Waals surface area contributed by atoms with Crippen LogP contribution in [-0.4, -0.2) is 11.0 Å². The van der Waals surface area contributed by atoms with Crippen LogP contribution in [0.15, 0.2) is 54.7 Å². The van der Waals surface area contributed by atoms with Gasteiger partial charge < -0.3 is 15.4 Å². The maximum Gasteiger partial charge on any atom is 0.315 e. The number of aryl methyl sites for hydroxylation is 1. The summed E-state index contributed by atoms with van der Waals surface area (Å²) < 4.78 is 18.4. The number of nitrogens with one attached hydrogen (secondary N) is 2. The van der Waals surface area contributed by atoms with Gasteiger partial charge >= 0.3 is 6.03 Å². The van der Waals surface area contributed by atoms with Gasteiger partial charge in [-0.2, -0.15) is 0 Å². The molecule has 3 rings (SSSR count). The van der Waals surface area contributed by atoms with Gasteiger partial charge in [-0.05, 0) is 48.9 Å². The summed E-state index contributed by atoms with van der Waals surface area (Å²) in [5.41, 5.74) is 0.846. The monoisotopic (exact) mass is 371 g/mol. The SMILES string of the molecule is Cc1ccc(CNC(=O)NCc2ccc(Oc3ccc(F)cc3)nc2)s1. The Bertz CT molecular complexity index is 863. The van der Waals surface area contributed by atoms with E-state index in [1.807, 2.05) is 25.1 Å². The first-order valence-corrected chi connectivity index (χ1v) is 8.85. The van der Waals surface area contributed by atoms with Crippen molar-refractivity contribution in [2.24, 2.45) is 0 Å². The quantitative estimate of drug-likeness (QED) is 0.676. The maximum atomic E-state index is 12.9. The summed E-state index contributed by atoms with van der Waals surface area (Å²) in [5, 5.41) is 5.60. The minimum atomic E-state index is -0.320. The number of nitrogens with zero attached hydrogens (tertiary/aromatic N) is 1. The molecule has 0 radical (unpaired) electrons. The first-order chi connectivity index (χ1) is 12.6. The molecule has 2 amide bonds.